The molecule has 4 heteroatoms. The van der Waals surface area contributed by atoms with Gasteiger partial charge in [0.1, 0.15) is 0 Å². The van der Waals surface area contributed by atoms with Gasteiger partial charge in [0.15, 0.2) is 0 Å². The third kappa shape index (κ3) is 1.80. The monoisotopic (exact) mass is 201 g/mol. The third-order valence-electron chi connectivity index (χ3n) is 3.58. The molecule has 0 radical (unpaired) electrons. The maximum atomic E-state index is 9.71. The summed E-state index contributed by atoms with van der Waals surface area (Å²) in [5.74, 6) is -0.0252. The molecule has 2 unspecified atom stereocenters. The predicted octanol–water partition coefficient (Wildman–Crippen LogP) is -0.815. The summed E-state index contributed by atoms with van der Waals surface area (Å²) in [4.78, 5) is 2.13. The minimum atomic E-state index is -0.423. The van der Waals surface area contributed by atoms with E-state index >= 15 is 0 Å². The van der Waals surface area contributed by atoms with Crippen LogP contribution in [0.2, 0.25) is 0 Å². The van der Waals surface area contributed by atoms with Crippen molar-refractivity contribution in [2.45, 2.75) is 37.5 Å². The van der Waals surface area contributed by atoms with Gasteiger partial charge in [-0.2, -0.15) is 0 Å². The van der Waals surface area contributed by atoms with Crippen LogP contribution in [0.5, 0.6) is 0 Å². The van der Waals surface area contributed by atoms with Gasteiger partial charge in [0.25, 0.3) is 0 Å². The largest absolute Gasteiger partial charge is 0.396 e. The van der Waals surface area contributed by atoms with E-state index in [1.54, 1.807) is 0 Å². The number of β-amino-alcohol motifs (C(OH)–C–C–N with tert-alkyl or cyclic N) is 1. The summed E-state index contributed by atoms with van der Waals surface area (Å²) < 4.78 is 0. The lowest BCUT2D eigenvalue weighted by Gasteiger charge is -2.26. The van der Waals surface area contributed by atoms with Crippen LogP contribution in [0.1, 0.15) is 19.3 Å². The molecular formula is C10H19NO3. The molecule has 4 atom stereocenters. The van der Waals surface area contributed by atoms with Crippen molar-refractivity contribution in [3.63, 3.8) is 0 Å². The van der Waals surface area contributed by atoms with E-state index in [1.165, 1.54) is 0 Å². The molecule has 2 aliphatic rings. The number of likely N-dealkylation sites (tertiary alicyclic amines) is 1. The molecule has 1 saturated heterocycles. The van der Waals surface area contributed by atoms with Crippen LogP contribution in [0.25, 0.3) is 0 Å². The molecule has 14 heavy (non-hydrogen) atoms. The Morgan fingerprint density at radius 3 is 2.36 bits per heavy atom. The Morgan fingerprint density at radius 2 is 1.86 bits per heavy atom. The van der Waals surface area contributed by atoms with E-state index in [4.69, 9.17) is 5.11 Å². The Kier molecular flexibility index (Phi) is 3.07. The van der Waals surface area contributed by atoms with Crippen molar-refractivity contribution in [3.05, 3.63) is 0 Å². The standard InChI is InChI=1S/C10H19NO3/c12-6-7-4-11(5-10(7)14)8-2-1-3-9(8)13/h7-10,12-14H,1-6H2/t7?,8-,9-,10?/m1/s1. The first kappa shape index (κ1) is 10.4. The molecule has 0 bridgehead atoms. The van der Waals surface area contributed by atoms with E-state index in [1.807, 2.05) is 0 Å². The molecule has 1 saturated carbocycles. The Bertz CT molecular complexity index is 200. The van der Waals surface area contributed by atoms with Crippen LogP contribution in [-0.2, 0) is 0 Å². The second-order valence-electron chi connectivity index (χ2n) is 4.53. The minimum absolute atomic E-state index is 0.0252. The summed E-state index contributed by atoms with van der Waals surface area (Å²) in [6, 6.07) is 0.209. The Morgan fingerprint density at radius 1 is 1.07 bits per heavy atom. The van der Waals surface area contributed by atoms with Crippen LogP contribution in [-0.4, -0.2) is 58.2 Å². The zero-order chi connectivity index (χ0) is 10.1. The van der Waals surface area contributed by atoms with Crippen molar-refractivity contribution in [2.24, 2.45) is 5.92 Å². The van der Waals surface area contributed by atoms with Gasteiger partial charge in [-0.25, -0.2) is 0 Å². The maximum Gasteiger partial charge on any atom is 0.0729 e. The van der Waals surface area contributed by atoms with E-state index < -0.39 is 6.10 Å². The van der Waals surface area contributed by atoms with Gasteiger partial charge in [-0.3, -0.25) is 4.90 Å². The summed E-state index contributed by atoms with van der Waals surface area (Å²) in [5.41, 5.74) is 0. The van der Waals surface area contributed by atoms with Gasteiger partial charge in [0.05, 0.1) is 12.2 Å². The molecule has 0 aromatic carbocycles. The fraction of sp³-hybridized carbons (Fsp3) is 1.00. The zero-order valence-corrected chi connectivity index (χ0v) is 8.34. The summed E-state index contributed by atoms with van der Waals surface area (Å²) in [5, 5.41) is 28.3. The Balaban J connectivity index is 1.94. The quantitative estimate of drug-likeness (QED) is 0.546. The van der Waals surface area contributed by atoms with Gasteiger partial charge >= 0.3 is 0 Å². The third-order valence-corrected chi connectivity index (χ3v) is 3.58. The number of aliphatic hydroxyl groups is 3. The zero-order valence-electron chi connectivity index (χ0n) is 8.34. The average Bonchev–Trinajstić information content (AvgIpc) is 2.71. The van der Waals surface area contributed by atoms with E-state index in [2.05, 4.69) is 4.90 Å². The molecule has 0 amide bonds. The molecule has 0 aromatic rings. The highest BCUT2D eigenvalue weighted by atomic mass is 16.3. The van der Waals surface area contributed by atoms with Crippen molar-refractivity contribution in [1.29, 1.82) is 0 Å². The normalized spacial score (nSPS) is 44.8. The molecule has 4 nitrogen and oxygen atoms in total. The molecule has 0 spiro atoms. The first-order chi connectivity index (χ1) is 6.72. The topological polar surface area (TPSA) is 63.9 Å². The molecule has 1 heterocycles. The molecule has 2 fully saturated rings. The van der Waals surface area contributed by atoms with Crippen LogP contribution in [0.4, 0.5) is 0 Å². The summed E-state index contributed by atoms with van der Waals surface area (Å²) in [6.07, 6.45) is 2.31. The predicted molar refractivity (Wildman–Crippen MR) is 51.8 cm³/mol. The van der Waals surface area contributed by atoms with Crippen molar-refractivity contribution in [2.75, 3.05) is 19.7 Å². The lowest BCUT2D eigenvalue weighted by molar-refractivity contribution is 0.0748. The van der Waals surface area contributed by atoms with Crippen LogP contribution >= 0.6 is 0 Å². The van der Waals surface area contributed by atoms with Crippen LogP contribution in [0, 0.1) is 5.92 Å². The molecular weight excluding hydrogens is 182 g/mol. The second kappa shape index (κ2) is 4.14. The average molecular weight is 201 g/mol. The second-order valence-corrected chi connectivity index (χ2v) is 4.53. The van der Waals surface area contributed by atoms with Gasteiger partial charge in [0.2, 0.25) is 0 Å². The Hall–Kier alpha value is -0.160. The van der Waals surface area contributed by atoms with Gasteiger partial charge in [-0.1, -0.05) is 0 Å². The highest BCUT2D eigenvalue weighted by Gasteiger charge is 2.38. The maximum absolute atomic E-state index is 9.71. The highest BCUT2D eigenvalue weighted by Crippen LogP contribution is 2.28. The van der Waals surface area contributed by atoms with Crippen molar-refractivity contribution >= 4 is 0 Å². The molecule has 1 aliphatic heterocycles. The molecule has 2 rings (SSSR count). The van der Waals surface area contributed by atoms with E-state index in [9.17, 15) is 10.2 Å². The van der Waals surface area contributed by atoms with Crippen molar-refractivity contribution in [1.82, 2.24) is 4.90 Å². The SMILES string of the molecule is OCC1CN([C@@H]2CCC[C@H]2O)CC1O. The fourth-order valence-corrected chi connectivity index (χ4v) is 2.68. The van der Waals surface area contributed by atoms with Gasteiger partial charge in [-0.15, -0.1) is 0 Å². The van der Waals surface area contributed by atoms with E-state index in [0.29, 0.717) is 6.54 Å². The lowest BCUT2D eigenvalue weighted by Crippen LogP contribution is -2.39. The lowest BCUT2D eigenvalue weighted by atomic mass is 10.1. The van der Waals surface area contributed by atoms with Crippen molar-refractivity contribution in [3.8, 4) is 0 Å². The molecule has 82 valence electrons. The summed E-state index contributed by atoms with van der Waals surface area (Å²) >= 11 is 0. The minimum Gasteiger partial charge on any atom is -0.396 e. The first-order valence-corrected chi connectivity index (χ1v) is 5.43. The van der Waals surface area contributed by atoms with Gasteiger partial charge in [0, 0.05) is 31.7 Å². The summed E-state index contributed by atoms with van der Waals surface area (Å²) in [6.45, 7) is 1.37. The first-order valence-electron chi connectivity index (χ1n) is 5.43. The highest BCUT2D eigenvalue weighted by molar-refractivity contribution is 4.92. The van der Waals surface area contributed by atoms with Crippen LogP contribution < -0.4 is 0 Å². The van der Waals surface area contributed by atoms with E-state index in [0.717, 1.165) is 25.8 Å². The molecule has 0 aromatic heterocycles. The van der Waals surface area contributed by atoms with Gasteiger partial charge in [-0.05, 0) is 19.3 Å². The number of rotatable bonds is 2. The van der Waals surface area contributed by atoms with E-state index in [-0.39, 0.29) is 24.7 Å². The summed E-state index contributed by atoms with van der Waals surface area (Å²) in [7, 11) is 0. The van der Waals surface area contributed by atoms with Crippen molar-refractivity contribution < 1.29 is 15.3 Å². The van der Waals surface area contributed by atoms with Gasteiger partial charge < -0.3 is 15.3 Å². The van der Waals surface area contributed by atoms with Crippen LogP contribution in [0.15, 0.2) is 0 Å². The van der Waals surface area contributed by atoms with Crippen LogP contribution in [0.3, 0.4) is 0 Å². The number of aliphatic hydroxyl groups excluding tert-OH is 3. The fourth-order valence-electron chi connectivity index (χ4n) is 2.68. The molecule has 3 N–H and O–H groups in total. The molecule has 1 aliphatic carbocycles. The Labute approximate surface area is 84.2 Å². The number of hydrogen-bond donors (Lipinski definition) is 3. The smallest absolute Gasteiger partial charge is 0.0729 e. The number of nitrogens with zero attached hydrogens (tertiary/aromatic N) is 1. The number of hydrogen-bond acceptors (Lipinski definition) is 4.